The van der Waals surface area contributed by atoms with E-state index in [0.29, 0.717) is 0 Å². The molecule has 0 aliphatic rings. The number of nitrogens with one attached hydrogen (secondary N) is 1. The van der Waals surface area contributed by atoms with Crippen LogP contribution in [0.3, 0.4) is 0 Å². The van der Waals surface area contributed by atoms with Gasteiger partial charge < -0.3 is 11.1 Å². The SMILES string of the molecule is C=C(C/C(C)=C/C)NC(C)(N)C(=C)C. The second-order valence-corrected chi connectivity index (χ2v) is 4.02. The predicted molar refractivity (Wildman–Crippen MR) is 63.7 cm³/mol. The molecule has 0 heterocycles. The van der Waals surface area contributed by atoms with E-state index in [1.54, 1.807) is 0 Å². The first-order valence-corrected chi connectivity index (χ1v) is 4.82. The molecule has 2 nitrogen and oxygen atoms in total. The highest BCUT2D eigenvalue weighted by Gasteiger charge is 2.18. The van der Waals surface area contributed by atoms with Gasteiger partial charge in [-0.25, -0.2) is 0 Å². The van der Waals surface area contributed by atoms with Crippen molar-refractivity contribution < 1.29 is 0 Å². The Hall–Kier alpha value is -1.02. The second kappa shape index (κ2) is 5.01. The maximum atomic E-state index is 5.99. The van der Waals surface area contributed by atoms with Gasteiger partial charge in [0, 0.05) is 12.1 Å². The molecule has 0 amide bonds. The smallest absolute Gasteiger partial charge is 0.104 e. The van der Waals surface area contributed by atoms with E-state index < -0.39 is 5.66 Å². The van der Waals surface area contributed by atoms with E-state index in [1.807, 2.05) is 20.8 Å². The van der Waals surface area contributed by atoms with Gasteiger partial charge in [-0.05, 0) is 33.3 Å². The summed E-state index contributed by atoms with van der Waals surface area (Å²) in [5.74, 6) is 0. The van der Waals surface area contributed by atoms with E-state index in [9.17, 15) is 0 Å². The first kappa shape index (κ1) is 13.0. The molecule has 1 atom stereocenters. The van der Waals surface area contributed by atoms with Crippen LogP contribution in [0.25, 0.3) is 0 Å². The van der Waals surface area contributed by atoms with Crippen molar-refractivity contribution >= 4 is 0 Å². The molecule has 0 saturated carbocycles. The Labute approximate surface area is 87.6 Å². The molecule has 0 spiro atoms. The first-order valence-electron chi connectivity index (χ1n) is 4.82. The van der Waals surface area contributed by atoms with E-state index in [2.05, 4.69) is 31.5 Å². The average molecular weight is 194 g/mol. The summed E-state index contributed by atoms with van der Waals surface area (Å²) in [6, 6.07) is 0. The van der Waals surface area contributed by atoms with Gasteiger partial charge in [-0.1, -0.05) is 24.8 Å². The lowest BCUT2D eigenvalue weighted by Gasteiger charge is -2.29. The Balaban J connectivity index is 4.27. The van der Waals surface area contributed by atoms with Gasteiger partial charge in [0.1, 0.15) is 5.66 Å². The molecule has 0 saturated heterocycles. The molecular weight excluding hydrogens is 172 g/mol. The minimum absolute atomic E-state index is 0.564. The summed E-state index contributed by atoms with van der Waals surface area (Å²) in [6.45, 7) is 15.7. The monoisotopic (exact) mass is 194 g/mol. The third-order valence-corrected chi connectivity index (χ3v) is 2.31. The van der Waals surface area contributed by atoms with Gasteiger partial charge in [0.25, 0.3) is 0 Å². The van der Waals surface area contributed by atoms with Gasteiger partial charge in [0.2, 0.25) is 0 Å². The maximum absolute atomic E-state index is 5.99. The van der Waals surface area contributed by atoms with Crippen molar-refractivity contribution in [3.63, 3.8) is 0 Å². The Bertz CT molecular complexity index is 259. The zero-order chi connectivity index (χ0) is 11.4. The van der Waals surface area contributed by atoms with Gasteiger partial charge >= 0.3 is 0 Å². The van der Waals surface area contributed by atoms with Gasteiger partial charge in [0.05, 0.1) is 0 Å². The molecule has 0 aliphatic carbocycles. The van der Waals surface area contributed by atoms with E-state index in [0.717, 1.165) is 17.7 Å². The zero-order valence-corrected chi connectivity index (χ0v) is 9.78. The third-order valence-electron chi connectivity index (χ3n) is 2.31. The summed E-state index contributed by atoms with van der Waals surface area (Å²) < 4.78 is 0. The highest BCUT2D eigenvalue weighted by Crippen LogP contribution is 2.12. The van der Waals surface area contributed by atoms with Gasteiger partial charge in [-0.15, -0.1) is 0 Å². The van der Waals surface area contributed by atoms with Crippen LogP contribution in [0.1, 0.15) is 34.1 Å². The molecule has 0 aromatic carbocycles. The van der Waals surface area contributed by atoms with Crippen molar-refractivity contribution in [2.24, 2.45) is 5.73 Å². The number of hydrogen-bond acceptors (Lipinski definition) is 2. The first-order chi connectivity index (χ1) is 6.29. The highest BCUT2D eigenvalue weighted by molar-refractivity contribution is 5.16. The lowest BCUT2D eigenvalue weighted by atomic mass is 10.0. The Morgan fingerprint density at radius 3 is 2.29 bits per heavy atom. The van der Waals surface area contributed by atoms with Crippen LogP contribution in [-0.2, 0) is 0 Å². The molecule has 0 fully saturated rings. The van der Waals surface area contributed by atoms with Crippen molar-refractivity contribution in [3.05, 3.63) is 36.1 Å². The average Bonchev–Trinajstić information content (AvgIpc) is 2.02. The molecule has 0 aromatic heterocycles. The summed E-state index contributed by atoms with van der Waals surface area (Å²) in [7, 11) is 0. The topological polar surface area (TPSA) is 38.0 Å². The molecule has 80 valence electrons. The molecule has 0 bridgehead atoms. The van der Waals surface area contributed by atoms with E-state index >= 15 is 0 Å². The molecular formula is C12H22N2. The van der Waals surface area contributed by atoms with Crippen molar-refractivity contribution in [1.82, 2.24) is 5.32 Å². The fourth-order valence-electron chi connectivity index (χ4n) is 0.957. The second-order valence-electron chi connectivity index (χ2n) is 4.02. The lowest BCUT2D eigenvalue weighted by Crippen LogP contribution is -2.50. The number of rotatable bonds is 5. The van der Waals surface area contributed by atoms with Gasteiger partial charge in [-0.3, -0.25) is 0 Å². The quantitative estimate of drug-likeness (QED) is 0.521. The minimum Gasteiger partial charge on any atom is -0.368 e. The van der Waals surface area contributed by atoms with Crippen LogP contribution < -0.4 is 11.1 Å². The van der Waals surface area contributed by atoms with Crippen molar-refractivity contribution in [2.45, 2.75) is 39.8 Å². The molecule has 3 N–H and O–H groups in total. The molecule has 0 rings (SSSR count). The van der Waals surface area contributed by atoms with Crippen LogP contribution in [0.15, 0.2) is 36.1 Å². The van der Waals surface area contributed by atoms with Crippen LogP contribution in [0, 0.1) is 0 Å². The fraction of sp³-hybridized carbons (Fsp3) is 0.500. The van der Waals surface area contributed by atoms with Crippen LogP contribution in [-0.4, -0.2) is 5.66 Å². The molecule has 1 unspecified atom stereocenters. The van der Waals surface area contributed by atoms with Crippen LogP contribution in [0.5, 0.6) is 0 Å². The number of allylic oxidation sites excluding steroid dienone is 2. The Morgan fingerprint density at radius 1 is 1.43 bits per heavy atom. The summed E-state index contributed by atoms with van der Waals surface area (Å²) >= 11 is 0. The lowest BCUT2D eigenvalue weighted by molar-refractivity contribution is 0.471. The van der Waals surface area contributed by atoms with Crippen LogP contribution in [0.4, 0.5) is 0 Å². The molecule has 0 radical (unpaired) electrons. The third kappa shape index (κ3) is 4.28. The summed E-state index contributed by atoms with van der Waals surface area (Å²) in [5.41, 5.74) is 8.52. The summed E-state index contributed by atoms with van der Waals surface area (Å²) in [5, 5.41) is 3.16. The molecule has 0 aromatic rings. The van der Waals surface area contributed by atoms with Crippen molar-refractivity contribution in [2.75, 3.05) is 0 Å². The van der Waals surface area contributed by atoms with E-state index in [-0.39, 0.29) is 0 Å². The van der Waals surface area contributed by atoms with Crippen molar-refractivity contribution in [1.29, 1.82) is 0 Å². The van der Waals surface area contributed by atoms with Crippen molar-refractivity contribution in [3.8, 4) is 0 Å². The summed E-state index contributed by atoms with van der Waals surface area (Å²) in [4.78, 5) is 0. The van der Waals surface area contributed by atoms with E-state index in [1.165, 1.54) is 5.57 Å². The molecule has 2 heteroatoms. The van der Waals surface area contributed by atoms with Gasteiger partial charge in [-0.2, -0.15) is 0 Å². The largest absolute Gasteiger partial charge is 0.368 e. The molecule has 0 aliphatic heterocycles. The van der Waals surface area contributed by atoms with Gasteiger partial charge in [0.15, 0.2) is 0 Å². The molecule has 14 heavy (non-hydrogen) atoms. The van der Waals surface area contributed by atoms with E-state index in [4.69, 9.17) is 5.73 Å². The highest BCUT2D eigenvalue weighted by atomic mass is 15.1. The van der Waals surface area contributed by atoms with Crippen LogP contribution in [0.2, 0.25) is 0 Å². The summed E-state index contributed by atoms with van der Waals surface area (Å²) in [6.07, 6.45) is 2.90. The minimum atomic E-state index is -0.564. The zero-order valence-electron chi connectivity index (χ0n) is 9.78. The number of nitrogens with two attached hydrogens (primary N) is 1. The Morgan fingerprint density at radius 2 is 1.93 bits per heavy atom. The van der Waals surface area contributed by atoms with Crippen LogP contribution >= 0.6 is 0 Å². The normalized spacial score (nSPS) is 15.9. The fourth-order valence-corrected chi connectivity index (χ4v) is 0.957. The number of hydrogen-bond donors (Lipinski definition) is 2. The predicted octanol–water partition coefficient (Wildman–Crippen LogP) is 2.70. The standard InChI is InChI=1S/C12H22N2/c1-7-10(4)8-11(5)14-12(6,13)9(2)3/h7,14H,2,5,8,13H2,1,3-4,6H3/b10-7+. The maximum Gasteiger partial charge on any atom is 0.104 e. The Kier molecular flexibility index (Phi) is 4.64.